The molecule has 3 aromatic carbocycles. The molecule has 0 aliphatic carbocycles. The van der Waals surface area contributed by atoms with Gasteiger partial charge in [0.2, 0.25) is 15.9 Å². The number of carbonyl (C=O) groups excluding carboxylic acids is 1. The van der Waals surface area contributed by atoms with Gasteiger partial charge in [-0.1, -0.05) is 89.9 Å². The van der Waals surface area contributed by atoms with Crippen LogP contribution in [0, 0.1) is 5.92 Å². The number of halogens is 2. The molecule has 0 N–H and O–H groups in total. The molecule has 1 atom stereocenters. The highest BCUT2D eigenvalue weighted by molar-refractivity contribution is 7.88. The van der Waals surface area contributed by atoms with E-state index in [0.717, 1.165) is 13.1 Å². The third-order valence-electron chi connectivity index (χ3n) is 7.70. The van der Waals surface area contributed by atoms with Crippen LogP contribution in [0.15, 0.2) is 78.9 Å². The molecule has 0 saturated carbocycles. The van der Waals surface area contributed by atoms with Gasteiger partial charge in [-0.3, -0.25) is 9.69 Å². The molecule has 0 radical (unpaired) electrons. The third kappa shape index (κ3) is 6.67. The van der Waals surface area contributed by atoms with Crippen molar-refractivity contribution in [3.63, 3.8) is 0 Å². The second-order valence-electron chi connectivity index (χ2n) is 10.3. The van der Waals surface area contributed by atoms with E-state index in [4.69, 9.17) is 23.2 Å². The molecular weight excluding hydrogens is 553 g/mol. The highest BCUT2D eigenvalue weighted by Crippen LogP contribution is 2.31. The van der Waals surface area contributed by atoms with Crippen LogP contribution in [-0.4, -0.2) is 67.7 Å². The Morgan fingerprint density at radius 1 is 0.846 bits per heavy atom. The number of piperidine rings is 1. The van der Waals surface area contributed by atoms with Crippen LogP contribution in [0.3, 0.4) is 0 Å². The quantitative estimate of drug-likeness (QED) is 0.369. The Kier molecular flexibility index (Phi) is 8.94. The fraction of sp³-hybridized carbons (Fsp3) is 0.367. The predicted molar refractivity (Wildman–Crippen MR) is 156 cm³/mol. The normalized spacial score (nSPS) is 19.4. The van der Waals surface area contributed by atoms with Crippen molar-refractivity contribution in [3.8, 4) is 0 Å². The number of hydrogen-bond donors (Lipinski definition) is 0. The Labute approximate surface area is 241 Å². The van der Waals surface area contributed by atoms with E-state index in [2.05, 4.69) is 53.4 Å². The Morgan fingerprint density at radius 3 is 2.05 bits per heavy atom. The zero-order valence-corrected chi connectivity index (χ0v) is 24.1. The zero-order valence-electron chi connectivity index (χ0n) is 21.8. The molecule has 2 saturated heterocycles. The number of carbonyl (C=O) groups is 1. The van der Waals surface area contributed by atoms with E-state index in [0.29, 0.717) is 48.1 Å². The van der Waals surface area contributed by atoms with Gasteiger partial charge >= 0.3 is 0 Å². The van der Waals surface area contributed by atoms with Gasteiger partial charge < -0.3 is 4.90 Å². The lowest BCUT2D eigenvalue weighted by molar-refractivity contribution is -0.138. The van der Waals surface area contributed by atoms with Crippen LogP contribution in [0.4, 0.5) is 0 Å². The summed E-state index contributed by atoms with van der Waals surface area (Å²) in [5.74, 6) is -0.488. The maximum atomic E-state index is 13.5. The number of benzene rings is 3. The van der Waals surface area contributed by atoms with Crippen LogP contribution < -0.4 is 0 Å². The minimum Gasteiger partial charge on any atom is -0.340 e. The van der Waals surface area contributed by atoms with E-state index in [9.17, 15) is 13.2 Å². The molecule has 3 aromatic rings. The van der Waals surface area contributed by atoms with Crippen molar-refractivity contribution >= 4 is 39.1 Å². The predicted octanol–water partition coefficient (Wildman–Crippen LogP) is 5.47. The first-order valence-corrected chi connectivity index (χ1v) is 15.7. The average Bonchev–Trinajstić information content (AvgIpc) is 2.96. The topological polar surface area (TPSA) is 60.9 Å². The molecule has 2 fully saturated rings. The molecule has 5 rings (SSSR count). The van der Waals surface area contributed by atoms with Crippen molar-refractivity contribution < 1.29 is 13.2 Å². The minimum absolute atomic E-state index is 0.0510. The lowest BCUT2D eigenvalue weighted by atomic mass is 9.95. The van der Waals surface area contributed by atoms with E-state index in [1.165, 1.54) is 15.4 Å². The van der Waals surface area contributed by atoms with Crippen LogP contribution >= 0.6 is 23.2 Å². The molecule has 0 unspecified atom stereocenters. The smallest absolute Gasteiger partial charge is 0.227 e. The summed E-state index contributed by atoms with van der Waals surface area (Å²) in [6.45, 7) is 3.38. The lowest BCUT2D eigenvalue weighted by Gasteiger charge is -2.41. The molecule has 1 amide bonds. The summed E-state index contributed by atoms with van der Waals surface area (Å²) in [7, 11) is -3.62. The molecule has 0 bridgehead atoms. The summed E-state index contributed by atoms with van der Waals surface area (Å²) in [6.07, 6.45) is 1.36. The molecule has 9 heteroatoms. The molecule has 206 valence electrons. The van der Waals surface area contributed by atoms with Gasteiger partial charge in [0.15, 0.2) is 0 Å². The Morgan fingerprint density at radius 2 is 1.46 bits per heavy atom. The van der Waals surface area contributed by atoms with Crippen molar-refractivity contribution in [2.45, 2.75) is 24.6 Å². The number of hydrogen-bond acceptors (Lipinski definition) is 4. The van der Waals surface area contributed by atoms with Gasteiger partial charge in [-0.05, 0) is 41.7 Å². The van der Waals surface area contributed by atoms with Crippen LogP contribution in [-0.2, 0) is 20.6 Å². The Hall–Kier alpha value is -2.42. The van der Waals surface area contributed by atoms with Gasteiger partial charge in [-0.2, -0.15) is 0 Å². The van der Waals surface area contributed by atoms with Gasteiger partial charge in [0.05, 0.1) is 17.7 Å². The number of rotatable bonds is 7. The molecule has 0 aromatic heterocycles. The summed E-state index contributed by atoms with van der Waals surface area (Å²) >= 11 is 12.2. The maximum absolute atomic E-state index is 13.5. The third-order valence-corrected chi connectivity index (χ3v) is 10.1. The molecule has 2 aliphatic heterocycles. The molecule has 39 heavy (non-hydrogen) atoms. The average molecular weight is 587 g/mol. The number of sulfonamides is 1. The van der Waals surface area contributed by atoms with Crippen molar-refractivity contribution in [1.29, 1.82) is 0 Å². The van der Waals surface area contributed by atoms with Crippen molar-refractivity contribution in [2.24, 2.45) is 5.92 Å². The Balaban J connectivity index is 1.23. The van der Waals surface area contributed by atoms with Gasteiger partial charge in [0, 0.05) is 49.3 Å². The second-order valence-corrected chi connectivity index (χ2v) is 13.1. The monoisotopic (exact) mass is 585 g/mol. The van der Waals surface area contributed by atoms with E-state index < -0.39 is 10.0 Å². The van der Waals surface area contributed by atoms with E-state index in [1.807, 2.05) is 17.0 Å². The van der Waals surface area contributed by atoms with E-state index >= 15 is 0 Å². The van der Waals surface area contributed by atoms with Gasteiger partial charge in [0.1, 0.15) is 0 Å². The fourth-order valence-corrected chi connectivity index (χ4v) is 7.86. The molecule has 2 heterocycles. The fourth-order valence-electron chi connectivity index (χ4n) is 5.67. The van der Waals surface area contributed by atoms with Crippen LogP contribution in [0.1, 0.15) is 35.6 Å². The van der Waals surface area contributed by atoms with Crippen LogP contribution in [0.5, 0.6) is 0 Å². The molecule has 0 spiro atoms. The highest BCUT2D eigenvalue weighted by atomic mass is 35.5. The maximum Gasteiger partial charge on any atom is 0.227 e. The molecule has 6 nitrogen and oxygen atoms in total. The summed E-state index contributed by atoms with van der Waals surface area (Å²) in [6, 6.07) is 25.9. The lowest BCUT2D eigenvalue weighted by Crippen LogP contribution is -2.53. The first-order chi connectivity index (χ1) is 18.8. The summed E-state index contributed by atoms with van der Waals surface area (Å²) in [4.78, 5) is 17.9. The van der Waals surface area contributed by atoms with Crippen molar-refractivity contribution in [3.05, 3.63) is 106 Å². The van der Waals surface area contributed by atoms with Gasteiger partial charge in [-0.25, -0.2) is 12.7 Å². The number of amides is 1. The van der Waals surface area contributed by atoms with Crippen molar-refractivity contribution in [2.75, 3.05) is 39.3 Å². The van der Waals surface area contributed by atoms with Crippen LogP contribution in [0.2, 0.25) is 10.0 Å². The number of nitrogens with zero attached hydrogens (tertiary/aromatic N) is 3. The summed E-state index contributed by atoms with van der Waals surface area (Å²) < 4.78 is 27.9. The second kappa shape index (κ2) is 12.4. The van der Waals surface area contributed by atoms with E-state index in [1.54, 1.807) is 18.2 Å². The largest absolute Gasteiger partial charge is 0.340 e. The van der Waals surface area contributed by atoms with Crippen LogP contribution in [0.25, 0.3) is 0 Å². The first kappa shape index (κ1) is 28.1. The SMILES string of the molecule is O=C([C@H]1CCCN(S(=O)(=O)Cc2ccc(Cl)cc2Cl)C1)N1CCN(C(c2ccccc2)c2ccccc2)CC1. The molecule has 2 aliphatic rings. The number of piperazine rings is 1. The summed E-state index contributed by atoms with van der Waals surface area (Å²) in [5, 5.41) is 0.793. The van der Waals surface area contributed by atoms with Crippen molar-refractivity contribution in [1.82, 2.24) is 14.1 Å². The standard InChI is InChI=1S/C30H33Cl2N3O3S/c31-27-14-13-26(28(32)20-27)22-39(37,38)35-15-7-12-25(21-35)30(36)34-18-16-33(17-19-34)29(23-8-3-1-4-9-23)24-10-5-2-6-11-24/h1-6,8-11,13-14,20,25,29H,7,12,15-19,21-22H2/t25-/m0/s1. The zero-order chi connectivity index (χ0) is 27.4. The van der Waals surface area contributed by atoms with Gasteiger partial charge in [-0.15, -0.1) is 0 Å². The minimum atomic E-state index is -3.62. The highest BCUT2D eigenvalue weighted by Gasteiger charge is 2.36. The molecular formula is C30H33Cl2N3O3S. The first-order valence-electron chi connectivity index (χ1n) is 13.4. The summed E-state index contributed by atoms with van der Waals surface area (Å²) in [5.41, 5.74) is 2.98. The van der Waals surface area contributed by atoms with E-state index in [-0.39, 0.29) is 30.2 Å². The van der Waals surface area contributed by atoms with Gasteiger partial charge in [0.25, 0.3) is 0 Å². The Bertz CT molecular complexity index is 1340.